The van der Waals surface area contributed by atoms with Crippen LogP contribution in [0.15, 0.2) is 42.5 Å². The number of hydrogen-bond acceptors (Lipinski definition) is 9. The lowest BCUT2D eigenvalue weighted by Crippen LogP contribution is -2.42. The van der Waals surface area contributed by atoms with E-state index in [1.165, 1.54) is 25.1 Å². The number of esters is 2. The topological polar surface area (TPSA) is 142 Å². The van der Waals surface area contributed by atoms with Crippen LogP contribution in [-0.2, 0) is 19.1 Å². The zero-order valence-corrected chi connectivity index (χ0v) is 22.0. The molecule has 2 aromatic rings. The van der Waals surface area contributed by atoms with Gasteiger partial charge in [-0.25, -0.2) is 4.79 Å². The number of carbonyl (C=O) groups is 2. The lowest BCUT2D eigenvalue weighted by Gasteiger charge is -2.33. The summed E-state index contributed by atoms with van der Waals surface area (Å²) in [5, 5.41) is 7.57. The van der Waals surface area contributed by atoms with Crippen LogP contribution in [0.25, 0.3) is 0 Å². The van der Waals surface area contributed by atoms with Gasteiger partial charge in [-0.05, 0) is 49.1 Å². The Morgan fingerprint density at radius 3 is 2.03 bits per heavy atom. The van der Waals surface area contributed by atoms with Gasteiger partial charge < -0.3 is 20.3 Å². The van der Waals surface area contributed by atoms with Gasteiger partial charge in [0.05, 0.1) is 11.8 Å². The molecule has 0 aliphatic rings. The highest BCUT2D eigenvalue weighted by molar-refractivity contribution is 7.86. The fourth-order valence-electron chi connectivity index (χ4n) is 2.83. The first-order chi connectivity index (χ1) is 16.1. The van der Waals surface area contributed by atoms with E-state index in [4.69, 9.17) is 24.5 Å². The number of hydrogen-bond donors (Lipinski definition) is 2. The Morgan fingerprint density at radius 2 is 1.57 bits per heavy atom. The van der Waals surface area contributed by atoms with Crippen molar-refractivity contribution in [1.82, 2.24) is 0 Å². The number of aryl methyl sites for hydroxylation is 1. The molecule has 2 unspecified atom stereocenters. The third-order valence-corrected chi connectivity index (χ3v) is 5.20. The average Bonchev–Trinajstić information content (AvgIpc) is 2.72. The molecule has 0 amide bonds. The smallest absolute Gasteiger partial charge is 0.343 e. The van der Waals surface area contributed by atoms with Crippen molar-refractivity contribution in [3.63, 3.8) is 0 Å². The molecular weight excluding hydrogens is 474 g/mol. The van der Waals surface area contributed by atoms with Gasteiger partial charge in [-0.3, -0.25) is 8.98 Å². The zero-order chi connectivity index (χ0) is 27.0. The molecular formula is C25H35NO8S. The van der Waals surface area contributed by atoms with Crippen LogP contribution in [0.1, 0.15) is 62.2 Å². The van der Waals surface area contributed by atoms with Crippen LogP contribution < -0.4 is 15.2 Å². The van der Waals surface area contributed by atoms with Crippen molar-refractivity contribution in [2.45, 2.75) is 53.7 Å². The van der Waals surface area contributed by atoms with Crippen molar-refractivity contribution >= 4 is 22.1 Å². The molecule has 0 spiro atoms. The van der Waals surface area contributed by atoms with E-state index in [1.807, 2.05) is 27.7 Å². The average molecular weight is 510 g/mol. The number of carbonyl (C=O) groups excluding carboxylic acids is 2. The summed E-state index contributed by atoms with van der Waals surface area (Å²) in [5.41, 5.74) is 7.43. The van der Waals surface area contributed by atoms with Crippen molar-refractivity contribution in [1.29, 1.82) is 0 Å². The summed E-state index contributed by atoms with van der Waals surface area (Å²) in [5.74, 6) is -1.34. The van der Waals surface area contributed by atoms with E-state index < -0.39 is 39.6 Å². The molecule has 2 atom stereocenters. The summed E-state index contributed by atoms with van der Waals surface area (Å²) >= 11 is 0. The lowest BCUT2D eigenvalue weighted by molar-refractivity contribution is -0.132. The molecule has 0 saturated heterocycles. The Balaban J connectivity index is 0.00000194. The highest BCUT2D eigenvalue weighted by Crippen LogP contribution is 2.37. The molecule has 0 bridgehead atoms. The number of rotatable bonds is 7. The molecule has 0 aliphatic heterocycles. The fraction of sp³-hybridized carbons (Fsp3) is 0.440. The Labute approximate surface area is 207 Å². The third kappa shape index (κ3) is 10.2. The summed E-state index contributed by atoms with van der Waals surface area (Å²) in [6.07, 6.45) is -0.130. The van der Waals surface area contributed by atoms with Gasteiger partial charge >= 0.3 is 11.9 Å². The van der Waals surface area contributed by atoms with Crippen LogP contribution in [0.5, 0.6) is 11.5 Å². The molecule has 0 heterocycles. The monoisotopic (exact) mass is 509 g/mol. The van der Waals surface area contributed by atoms with Gasteiger partial charge in [-0.15, -0.1) is 0 Å². The Kier molecular flexibility index (Phi) is 11.0. The normalized spacial score (nSPS) is 13.2. The number of aliphatic hydroxyl groups is 1. The second-order valence-electron chi connectivity index (χ2n) is 8.98. The van der Waals surface area contributed by atoms with Crippen LogP contribution in [0.2, 0.25) is 0 Å². The number of nitrogens with two attached hydrogens (primary N) is 1. The molecule has 0 aromatic heterocycles. The molecule has 10 heteroatoms. The van der Waals surface area contributed by atoms with Gasteiger partial charge in [0.1, 0.15) is 6.10 Å². The van der Waals surface area contributed by atoms with Crippen molar-refractivity contribution in [3.05, 3.63) is 59.2 Å². The summed E-state index contributed by atoms with van der Waals surface area (Å²) in [4.78, 5) is 24.2. The van der Waals surface area contributed by atoms with Gasteiger partial charge in [0.25, 0.3) is 10.1 Å². The van der Waals surface area contributed by atoms with E-state index in [2.05, 4.69) is 0 Å². The van der Waals surface area contributed by atoms with Crippen molar-refractivity contribution in [2.24, 2.45) is 11.1 Å². The molecule has 3 N–H and O–H groups in total. The zero-order valence-electron chi connectivity index (χ0n) is 21.2. The molecule has 0 saturated carbocycles. The van der Waals surface area contributed by atoms with Crippen LogP contribution in [0.3, 0.4) is 0 Å². The molecule has 0 fully saturated rings. The minimum atomic E-state index is -3.86. The predicted molar refractivity (Wildman–Crippen MR) is 133 cm³/mol. The first-order valence-corrected chi connectivity index (χ1v) is 12.8. The second-order valence-corrected chi connectivity index (χ2v) is 10.6. The van der Waals surface area contributed by atoms with E-state index in [0.717, 1.165) is 11.8 Å². The molecule has 2 aromatic carbocycles. The quantitative estimate of drug-likeness (QED) is 0.325. The van der Waals surface area contributed by atoms with E-state index >= 15 is 0 Å². The van der Waals surface area contributed by atoms with Gasteiger partial charge in [0, 0.05) is 19.6 Å². The van der Waals surface area contributed by atoms with Crippen molar-refractivity contribution in [3.8, 4) is 11.5 Å². The maximum absolute atomic E-state index is 12.7. The highest BCUT2D eigenvalue weighted by Gasteiger charge is 2.34. The predicted octanol–water partition coefficient (Wildman–Crippen LogP) is 3.53. The van der Waals surface area contributed by atoms with Crippen LogP contribution in [0, 0.1) is 12.3 Å². The van der Waals surface area contributed by atoms with Gasteiger partial charge in [0.15, 0.2) is 11.5 Å². The standard InChI is InChI=1S/C23H29NO7S.C2H6O/c1-14-7-9-16(10-8-14)22(26)30-19-13-17(11-12-18(19)29-15(2)25)20(31-32(6,27)28)21(24)23(3,4)5;1-2-3/h7-13,20-21H,24H2,1-6H3;3H,2H2,1H3. The summed E-state index contributed by atoms with van der Waals surface area (Å²) in [6, 6.07) is 10.3. The van der Waals surface area contributed by atoms with E-state index in [1.54, 1.807) is 31.2 Å². The van der Waals surface area contributed by atoms with Crippen molar-refractivity contribution in [2.75, 3.05) is 12.9 Å². The fourth-order valence-corrected chi connectivity index (χ4v) is 3.44. The highest BCUT2D eigenvalue weighted by atomic mass is 32.2. The van der Waals surface area contributed by atoms with E-state index in [-0.39, 0.29) is 18.1 Å². The number of ether oxygens (including phenoxy) is 2. The molecule has 2 rings (SSSR count). The van der Waals surface area contributed by atoms with Gasteiger partial charge in [0.2, 0.25) is 0 Å². The first-order valence-electron chi connectivity index (χ1n) is 10.9. The molecule has 35 heavy (non-hydrogen) atoms. The summed E-state index contributed by atoms with van der Waals surface area (Å²) < 4.78 is 39.7. The van der Waals surface area contributed by atoms with Crippen molar-refractivity contribution < 1.29 is 36.8 Å². The minimum Gasteiger partial charge on any atom is -0.423 e. The molecule has 0 radical (unpaired) electrons. The van der Waals surface area contributed by atoms with E-state index in [9.17, 15) is 18.0 Å². The Bertz CT molecular complexity index is 1110. The third-order valence-electron chi connectivity index (χ3n) is 4.64. The van der Waals surface area contributed by atoms with Crippen LogP contribution >= 0.6 is 0 Å². The Morgan fingerprint density at radius 1 is 1.03 bits per heavy atom. The number of benzene rings is 2. The van der Waals surface area contributed by atoms with Crippen LogP contribution in [-0.4, -0.2) is 44.4 Å². The minimum absolute atomic E-state index is 0.00384. The van der Waals surface area contributed by atoms with E-state index in [0.29, 0.717) is 11.1 Å². The maximum Gasteiger partial charge on any atom is 0.343 e. The molecule has 194 valence electrons. The maximum atomic E-state index is 12.7. The van der Waals surface area contributed by atoms with Crippen LogP contribution in [0.4, 0.5) is 0 Å². The number of aliphatic hydroxyl groups excluding tert-OH is 1. The Hall–Kier alpha value is -2.79. The molecule has 9 nitrogen and oxygen atoms in total. The summed E-state index contributed by atoms with van der Waals surface area (Å²) in [7, 11) is -3.86. The molecule has 0 aliphatic carbocycles. The lowest BCUT2D eigenvalue weighted by atomic mass is 9.82. The van der Waals surface area contributed by atoms with Gasteiger partial charge in [-0.1, -0.05) is 44.5 Å². The summed E-state index contributed by atoms with van der Waals surface area (Å²) in [6.45, 7) is 10.6. The first kappa shape index (κ1) is 30.2. The largest absolute Gasteiger partial charge is 0.423 e. The van der Waals surface area contributed by atoms with Gasteiger partial charge in [-0.2, -0.15) is 8.42 Å². The second kappa shape index (κ2) is 12.8. The SMILES string of the molecule is CC(=O)Oc1ccc(C(OS(C)(=O)=O)C(N)C(C)(C)C)cc1OC(=O)c1ccc(C)cc1.CCO.